The number of benzene rings is 2. The van der Waals surface area contributed by atoms with E-state index in [9.17, 15) is 0 Å². The smallest absolute Gasteiger partial charge is 0.0702 e. The van der Waals surface area contributed by atoms with Gasteiger partial charge in [-0.3, -0.25) is 4.98 Å². The summed E-state index contributed by atoms with van der Waals surface area (Å²) in [5, 5.41) is 4.72. The Morgan fingerprint density at radius 2 is 1.70 bits per heavy atom. The van der Waals surface area contributed by atoms with Gasteiger partial charge >= 0.3 is 0 Å². The SMILES string of the molecule is CCNC(c1ccccc1)c1cnc2ccccc2c1. The van der Waals surface area contributed by atoms with Gasteiger partial charge in [0.2, 0.25) is 0 Å². The van der Waals surface area contributed by atoms with Crippen molar-refractivity contribution >= 4 is 10.9 Å². The first kappa shape index (κ1) is 12.8. The third kappa shape index (κ3) is 2.56. The average molecular weight is 262 g/mol. The van der Waals surface area contributed by atoms with Crippen molar-refractivity contribution in [1.82, 2.24) is 10.3 Å². The van der Waals surface area contributed by atoms with Crippen LogP contribution in [0.4, 0.5) is 0 Å². The molecule has 1 unspecified atom stereocenters. The van der Waals surface area contributed by atoms with E-state index in [1.807, 2.05) is 24.4 Å². The van der Waals surface area contributed by atoms with Crippen LogP contribution in [-0.2, 0) is 0 Å². The molecule has 0 amide bonds. The Hall–Kier alpha value is -2.19. The van der Waals surface area contributed by atoms with Gasteiger partial charge in [0.25, 0.3) is 0 Å². The number of hydrogen-bond acceptors (Lipinski definition) is 2. The zero-order valence-electron chi connectivity index (χ0n) is 11.6. The highest BCUT2D eigenvalue weighted by molar-refractivity contribution is 5.78. The molecular formula is C18H18N2. The van der Waals surface area contributed by atoms with Crippen LogP contribution < -0.4 is 5.32 Å². The van der Waals surface area contributed by atoms with Crippen LogP contribution in [0.1, 0.15) is 24.1 Å². The highest BCUT2D eigenvalue weighted by Gasteiger charge is 2.13. The van der Waals surface area contributed by atoms with Gasteiger partial charge in [-0.1, -0.05) is 55.5 Å². The minimum absolute atomic E-state index is 0.193. The van der Waals surface area contributed by atoms with Gasteiger partial charge in [-0.25, -0.2) is 0 Å². The molecule has 0 radical (unpaired) electrons. The van der Waals surface area contributed by atoms with Crippen molar-refractivity contribution in [2.75, 3.05) is 6.54 Å². The van der Waals surface area contributed by atoms with E-state index in [-0.39, 0.29) is 6.04 Å². The molecule has 3 rings (SSSR count). The number of para-hydroxylation sites is 1. The van der Waals surface area contributed by atoms with Crippen LogP contribution in [0.15, 0.2) is 66.9 Å². The van der Waals surface area contributed by atoms with Crippen LogP contribution in [-0.4, -0.2) is 11.5 Å². The van der Waals surface area contributed by atoms with Gasteiger partial charge in [-0.2, -0.15) is 0 Å². The first-order valence-corrected chi connectivity index (χ1v) is 7.01. The lowest BCUT2D eigenvalue weighted by Crippen LogP contribution is -2.22. The molecule has 1 atom stereocenters. The second kappa shape index (κ2) is 5.85. The van der Waals surface area contributed by atoms with E-state index in [1.54, 1.807) is 0 Å². The molecule has 2 heteroatoms. The van der Waals surface area contributed by atoms with Crippen molar-refractivity contribution in [3.63, 3.8) is 0 Å². The van der Waals surface area contributed by atoms with Gasteiger partial charge in [0.05, 0.1) is 11.6 Å². The summed E-state index contributed by atoms with van der Waals surface area (Å²) in [7, 11) is 0. The van der Waals surface area contributed by atoms with Gasteiger partial charge in [0.1, 0.15) is 0 Å². The molecule has 2 aromatic carbocycles. The fourth-order valence-electron chi connectivity index (χ4n) is 2.52. The number of aromatic nitrogens is 1. The fourth-order valence-corrected chi connectivity index (χ4v) is 2.52. The Balaban J connectivity index is 2.05. The fraction of sp³-hybridized carbons (Fsp3) is 0.167. The van der Waals surface area contributed by atoms with Gasteiger partial charge in [-0.15, -0.1) is 0 Å². The molecular weight excluding hydrogens is 244 g/mol. The van der Waals surface area contributed by atoms with E-state index < -0.39 is 0 Å². The average Bonchev–Trinajstić information content (AvgIpc) is 2.53. The van der Waals surface area contributed by atoms with E-state index in [0.29, 0.717) is 0 Å². The lowest BCUT2D eigenvalue weighted by molar-refractivity contribution is 0.629. The number of pyridine rings is 1. The molecule has 20 heavy (non-hydrogen) atoms. The zero-order chi connectivity index (χ0) is 13.8. The Morgan fingerprint density at radius 3 is 2.50 bits per heavy atom. The Labute approximate surface area is 119 Å². The first-order valence-electron chi connectivity index (χ1n) is 7.01. The molecule has 0 aliphatic carbocycles. The molecule has 0 fully saturated rings. The third-order valence-corrected chi connectivity index (χ3v) is 3.49. The summed E-state index contributed by atoms with van der Waals surface area (Å²) in [4.78, 5) is 4.57. The predicted molar refractivity (Wildman–Crippen MR) is 83.7 cm³/mol. The summed E-state index contributed by atoms with van der Waals surface area (Å²) in [6.07, 6.45) is 1.97. The summed E-state index contributed by atoms with van der Waals surface area (Å²) in [5.74, 6) is 0. The van der Waals surface area contributed by atoms with Crippen LogP contribution in [0.25, 0.3) is 10.9 Å². The summed E-state index contributed by atoms with van der Waals surface area (Å²) in [6.45, 7) is 3.05. The molecule has 1 N–H and O–H groups in total. The molecule has 0 saturated heterocycles. The summed E-state index contributed by atoms with van der Waals surface area (Å²) in [6, 6.07) is 21.2. The van der Waals surface area contributed by atoms with Gasteiger partial charge < -0.3 is 5.32 Å². The third-order valence-electron chi connectivity index (χ3n) is 3.49. The molecule has 1 heterocycles. The second-order valence-corrected chi connectivity index (χ2v) is 4.86. The minimum Gasteiger partial charge on any atom is -0.306 e. The Morgan fingerprint density at radius 1 is 0.950 bits per heavy atom. The number of fused-ring (bicyclic) bond motifs is 1. The Kier molecular flexibility index (Phi) is 3.75. The molecule has 3 aromatic rings. The van der Waals surface area contributed by atoms with E-state index >= 15 is 0 Å². The van der Waals surface area contributed by atoms with Crippen molar-refractivity contribution in [3.8, 4) is 0 Å². The van der Waals surface area contributed by atoms with Gasteiger partial charge in [-0.05, 0) is 29.8 Å². The largest absolute Gasteiger partial charge is 0.306 e. The monoisotopic (exact) mass is 262 g/mol. The molecule has 0 aliphatic heterocycles. The minimum atomic E-state index is 0.193. The molecule has 100 valence electrons. The van der Waals surface area contributed by atoms with Crippen molar-refractivity contribution in [3.05, 3.63) is 78.0 Å². The maximum atomic E-state index is 4.57. The maximum absolute atomic E-state index is 4.57. The van der Waals surface area contributed by atoms with Crippen LogP contribution >= 0.6 is 0 Å². The Bertz CT molecular complexity index is 692. The van der Waals surface area contributed by atoms with Crippen LogP contribution in [0.5, 0.6) is 0 Å². The summed E-state index contributed by atoms with van der Waals surface area (Å²) < 4.78 is 0. The normalized spacial score (nSPS) is 12.4. The highest BCUT2D eigenvalue weighted by Crippen LogP contribution is 2.24. The molecule has 0 bridgehead atoms. The van der Waals surface area contributed by atoms with Gasteiger partial charge in [0, 0.05) is 11.6 Å². The van der Waals surface area contributed by atoms with E-state index in [1.165, 1.54) is 16.5 Å². The predicted octanol–water partition coefficient (Wildman–Crippen LogP) is 3.93. The number of hydrogen-bond donors (Lipinski definition) is 1. The van der Waals surface area contributed by atoms with E-state index in [2.05, 4.69) is 59.7 Å². The maximum Gasteiger partial charge on any atom is 0.0702 e. The van der Waals surface area contributed by atoms with Crippen LogP contribution in [0.2, 0.25) is 0 Å². The standard InChI is InChI=1S/C18H18N2/c1-2-19-18(14-8-4-3-5-9-14)16-12-15-10-6-7-11-17(15)20-13-16/h3-13,18-19H,2H2,1H3. The first-order chi connectivity index (χ1) is 9.88. The van der Waals surface area contributed by atoms with Crippen LogP contribution in [0, 0.1) is 0 Å². The van der Waals surface area contributed by atoms with Crippen molar-refractivity contribution in [2.45, 2.75) is 13.0 Å². The highest BCUT2D eigenvalue weighted by atomic mass is 14.9. The topological polar surface area (TPSA) is 24.9 Å². The van der Waals surface area contributed by atoms with Crippen molar-refractivity contribution < 1.29 is 0 Å². The molecule has 1 aromatic heterocycles. The molecule has 2 nitrogen and oxygen atoms in total. The van der Waals surface area contributed by atoms with Crippen molar-refractivity contribution in [2.24, 2.45) is 0 Å². The zero-order valence-corrected chi connectivity index (χ0v) is 11.6. The lowest BCUT2D eigenvalue weighted by atomic mass is 9.99. The second-order valence-electron chi connectivity index (χ2n) is 4.86. The quantitative estimate of drug-likeness (QED) is 0.770. The summed E-state index contributed by atoms with van der Waals surface area (Å²) in [5.41, 5.74) is 3.52. The van der Waals surface area contributed by atoms with Crippen LogP contribution in [0.3, 0.4) is 0 Å². The molecule has 0 saturated carbocycles. The number of rotatable bonds is 4. The molecule has 0 aliphatic rings. The lowest BCUT2D eigenvalue weighted by Gasteiger charge is -2.19. The van der Waals surface area contributed by atoms with E-state index in [0.717, 1.165) is 12.1 Å². The van der Waals surface area contributed by atoms with E-state index in [4.69, 9.17) is 0 Å². The van der Waals surface area contributed by atoms with Gasteiger partial charge in [0.15, 0.2) is 0 Å². The molecule has 0 spiro atoms. The number of nitrogens with one attached hydrogen (secondary N) is 1. The number of nitrogens with zero attached hydrogens (tertiary/aromatic N) is 1. The van der Waals surface area contributed by atoms with Crippen molar-refractivity contribution in [1.29, 1.82) is 0 Å². The summed E-state index contributed by atoms with van der Waals surface area (Å²) >= 11 is 0.